The first-order valence-corrected chi connectivity index (χ1v) is 9.49. The van der Waals surface area contributed by atoms with Gasteiger partial charge in [-0.25, -0.2) is 0 Å². The van der Waals surface area contributed by atoms with E-state index in [0.717, 1.165) is 5.76 Å². The molecule has 3 nitrogen and oxygen atoms in total. The Morgan fingerprint density at radius 3 is 2.56 bits per heavy atom. The van der Waals surface area contributed by atoms with Crippen LogP contribution in [0.1, 0.15) is 53.0 Å². The lowest BCUT2D eigenvalue weighted by Gasteiger charge is -2.48. The zero-order chi connectivity index (χ0) is 17.8. The number of anilines is 1. The number of ether oxygens (including phenoxy) is 1. The SMILES string of the molecule is CN1c2ccccc2C(C)(C)C12C=NC1=C(O2)C2(C)CCC1C2(C)C. The molecule has 2 aliphatic carbocycles. The Kier molecular flexibility index (Phi) is 2.56. The Hall–Kier alpha value is -1.77. The van der Waals surface area contributed by atoms with Crippen molar-refractivity contribution in [2.45, 2.75) is 58.6 Å². The van der Waals surface area contributed by atoms with Crippen molar-refractivity contribution in [1.29, 1.82) is 0 Å². The minimum atomic E-state index is -0.543. The predicted octanol–water partition coefficient (Wildman–Crippen LogP) is 4.88. The van der Waals surface area contributed by atoms with Crippen LogP contribution in [0.3, 0.4) is 0 Å². The third-order valence-electron chi connectivity index (χ3n) is 8.26. The van der Waals surface area contributed by atoms with E-state index in [-0.39, 0.29) is 16.2 Å². The van der Waals surface area contributed by atoms with Crippen molar-refractivity contribution < 1.29 is 4.74 Å². The molecule has 0 amide bonds. The molecule has 0 aromatic heterocycles. The molecule has 132 valence electrons. The fourth-order valence-electron chi connectivity index (χ4n) is 6.01. The normalized spacial score (nSPS) is 39.0. The number of rotatable bonds is 0. The summed E-state index contributed by atoms with van der Waals surface area (Å²) in [7, 11) is 2.14. The number of hydrogen-bond acceptors (Lipinski definition) is 3. The molecule has 2 bridgehead atoms. The summed E-state index contributed by atoms with van der Waals surface area (Å²) in [5.74, 6) is 1.68. The summed E-state index contributed by atoms with van der Waals surface area (Å²) in [6, 6.07) is 8.66. The van der Waals surface area contributed by atoms with Crippen molar-refractivity contribution >= 4 is 11.9 Å². The summed E-state index contributed by atoms with van der Waals surface area (Å²) < 4.78 is 7.00. The Morgan fingerprint density at radius 1 is 1.12 bits per heavy atom. The molecule has 2 aliphatic heterocycles. The first-order valence-electron chi connectivity index (χ1n) is 9.49. The molecule has 3 heteroatoms. The second-order valence-electron chi connectivity index (χ2n) is 9.62. The quantitative estimate of drug-likeness (QED) is 0.674. The predicted molar refractivity (Wildman–Crippen MR) is 102 cm³/mol. The third kappa shape index (κ3) is 1.41. The molecule has 3 unspecified atom stereocenters. The molecule has 1 spiro atoms. The lowest BCUT2D eigenvalue weighted by molar-refractivity contribution is -0.0268. The molecule has 5 rings (SSSR count). The summed E-state index contributed by atoms with van der Waals surface area (Å²) >= 11 is 0. The molecule has 2 heterocycles. The zero-order valence-corrected chi connectivity index (χ0v) is 16.2. The molecule has 1 aromatic rings. The average Bonchev–Trinajstić information content (AvgIpc) is 2.99. The fourth-order valence-corrected chi connectivity index (χ4v) is 6.01. The molecular formula is C22H28N2O. The van der Waals surface area contributed by atoms with Crippen LogP contribution in [0, 0.1) is 16.7 Å². The monoisotopic (exact) mass is 336 g/mol. The number of para-hydroxylation sites is 1. The first kappa shape index (κ1) is 15.5. The first-order chi connectivity index (χ1) is 11.7. The summed E-state index contributed by atoms with van der Waals surface area (Å²) in [5, 5.41) is 0. The second-order valence-corrected chi connectivity index (χ2v) is 9.62. The van der Waals surface area contributed by atoms with Gasteiger partial charge in [-0.15, -0.1) is 0 Å². The van der Waals surface area contributed by atoms with E-state index in [2.05, 4.69) is 77.0 Å². The van der Waals surface area contributed by atoms with Crippen LogP contribution in [0.25, 0.3) is 0 Å². The van der Waals surface area contributed by atoms with Gasteiger partial charge < -0.3 is 9.64 Å². The Bertz CT molecular complexity index is 849. The van der Waals surface area contributed by atoms with Crippen LogP contribution in [-0.4, -0.2) is 19.0 Å². The van der Waals surface area contributed by atoms with Crippen molar-refractivity contribution in [3.8, 4) is 0 Å². The van der Waals surface area contributed by atoms with Gasteiger partial charge in [-0.3, -0.25) is 4.99 Å². The number of benzene rings is 1. The highest BCUT2D eigenvalue weighted by atomic mass is 16.5. The summed E-state index contributed by atoms with van der Waals surface area (Å²) in [5.41, 5.74) is 3.39. The van der Waals surface area contributed by atoms with Crippen LogP contribution < -0.4 is 4.90 Å². The van der Waals surface area contributed by atoms with Gasteiger partial charge in [0.05, 0.1) is 17.3 Å². The molecule has 1 saturated carbocycles. The Morgan fingerprint density at radius 2 is 1.84 bits per heavy atom. The van der Waals surface area contributed by atoms with E-state index < -0.39 is 5.72 Å². The Balaban J connectivity index is 1.67. The van der Waals surface area contributed by atoms with Gasteiger partial charge in [-0.05, 0) is 43.7 Å². The van der Waals surface area contributed by atoms with E-state index in [1.165, 1.54) is 29.8 Å². The number of hydrogen-bond donors (Lipinski definition) is 0. The van der Waals surface area contributed by atoms with E-state index in [0.29, 0.717) is 5.92 Å². The van der Waals surface area contributed by atoms with Crippen molar-refractivity contribution in [3.63, 3.8) is 0 Å². The van der Waals surface area contributed by atoms with E-state index >= 15 is 0 Å². The second kappa shape index (κ2) is 4.13. The molecule has 0 radical (unpaired) electrons. The molecular weight excluding hydrogens is 308 g/mol. The molecule has 0 N–H and O–H groups in total. The van der Waals surface area contributed by atoms with Gasteiger partial charge in [-0.1, -0.05) is 39.0 Å². The maximum Gasteiger partial charge on any atom is 0.228 e. The molecule has 1 aromatic carbocycles. The van der Waals surface area contributed by atoms with Crippen molar-refractivity contribution in [3.05, 3.63) is 41.3 Å². The molecule has 3 atom stereocenters. The van der Waals surface area contributed by atoms with Crippen molar-refractivity contribution in [2.75, 3.05) is 11.9 Å². The van der Waals surface area contributed by atoms with E-state index in [1.807, 2.05) is 0 Å². The van der Waals surface area contributed by atoms with Crippen molar-refractivity contribution in [2.24, 2.45) is 21.7 Å². The van der Waals surface area contributed by atoms with Gasteiger partial charge in [0.15, 0.2) is 0 Å². The standard InChI is InChI=1S/C22H28N2O/c1-19(2)15-11-12-21(19,5)18-17(15)23-13-22(25-18)20(3,4)14-9-7-8-10-16(14)24(22)6/h7-10,13,15H,11-12H2,1-6H3. The van der Waals surface area contributed by atoms with Gasteiger partial charge in [0, 0.05) is 24.1 Å². The van der Waals surface area contributed by atoms with E-state index in [9.17, 15) is 0 Å². The zero-order valence-electron chi connectivity index (χ0n) is 16.2. The number of likely N-dealkylation sites (N-methyl/N-ethyl adjacent to an activating group) is 1. The van der Waals surface area contributed by atoms with Crippen LogP contribution in [0.4, 0.5) is 5.69 Å². The van der Waals surface area contributed by atoms with Gasteiger partial charge in [-0.2, -0.15) is 0 Å². The van der Waals surface area contributed by atoms with E-state index in [1.54, 1.807) is 0 Å². The number of aliphatic imine (C=N–C) groups is 1. The highest BCUT2D eigenvalue weighted by molar-refractivity contribution is 5.85. The topological polar surface area (TPSA) is 24.8 Å². The van der Waals surface area contributed by atoms with Gasteiger partial charge in [0.25, 0.3) is 0 Å². The maximum absolute atomic E-state index is 7.00. The Labute approximate surface area is 150 Å². The van der Waals surface area contributed by atoms with Crippen molar-refractivity contribution in [1.82, 2.24) is 0 Å². The molecule has 1 fully saturated rings. The van der Waals surface area contributed by atoms with Crippen LogP contribution in [0.2, 0.25) is 0 Å². The third-order valence-corrected chi connectivity index (χ3v) is 8.26. The highest BCUT2D eigenvalue weighted by Gasteiger charge is 2.67. The number of allylic oxidation sites excluding steroid dienone is 2. The average molecular weight is 336 g/mol. The largest absolute Gasteiger partial charge is 0.464 e. The molecule has 25 heavy (non-hydrogen) atoms. The fraction of sp³-hybridized carbons (Fsp3) is 0.591. The summed E-state index contributed by atoms with van der Waals surface area (Å²) in [6.45, 7) is 11.7. The van der Waals surface area contributed by atoms with Crippen LogP contribution in [0.5, 0.6) is 0 Å². The number of fused-ring (bicyclic) bond motifs is 5. The summed E-state index contributed by atoms with van der Waals surface area (Å²) in [4.78, 5) is 7.36. The molecule has 4 aliphatic rings. The maximum atomic E-state index is 7.00. The van der Waals surface area contributed by atoms with Crippen LogP contribution >= 0.6 is 0 Å². The van der Waals surface area contributed by atoms with Gasteiger partial charge >= 0.3 is 0 Å². The molecule has 0 saturated heterocycles. The smallest absolute Gasteiger partial charge is 0.228 e. The van der Waals surface area contributed by atoms with Crippen LogP contribution in [-0.2, 0) is 10.2 Å². The van der Waals surface area contributed by atoms with E-state index in [4.69, 9.17) is 9.73 Å². The highest BCUT2D eigenvalue weighted by Crippen LogP contribution is 2.70. The van der Waals surface area contributed by atoms with Gasteiger partial charge in [0.2, 0.25) is 5.72 Å². The minimum Gasteiger partial charge on any atom is -0.464 e. The van der Waals surface area contributed by atoms with Crippen LogP contribution in [0.15, 0.2) is 40.7 Å². The number of nitrogens with zero attached hydrogens (tertiary/aromatic N) is 2. The minimum absolute atomic E-state index is 0.0868. The summed E-state index contributed by atoms with van der Waals surface area (Å²) in [6.07, 6.45) is 4.52. The van der Waals surface area contributed by atoms with Gasteiger partial charge in [0.1, 0.15) is 5.76 Å². The lowest BCUT2D eigenvalue weighted by Crippen LogP contribution is -2.59. The lowest BCUT2D eigenvalue weighted by atomic mass is 9.69.